The van der Waals surface area contributed by atoms with Gasteiger partial charge in [0.25, 0.3) is 0 Å². The van der Waals surface area contributed by atoms with Crippen molar-refractivity contribution >= 4 is 28.8 Å². The van der Waals surface area contributed by atoms with Crippen molar-refractivity contribution in [2.75, 3.05) is 11.9 Å². The van der Waals surface area contributed by atoms with Crippen LogP contribution in [0.5, 0.6) is 0 Å². The minimum absolute atomic E-state index is 0.431. The van der Waals surface area contributed by atoms with Gasteiger partial charge in [-0.3, -0.25) is 0 Å². The van der Waals surface area contributed by atoms with Crippen molar-refractivity contribution < 1.29 is 0 Å². The number of nitrogens with two attached hydrogens (primary N) is 1. The first kappa shape index (κ1) is 12.4. The third-order valence-electron chi connectivity index (χ3n) is 2.53. The Bertz CT molecular complexity index is 485. The summed E-state index contributed by atoms with van der Waals surface area (Å²) in [6, 6.07) is 3.95. The highest BCUT2D eigenvalue weighted by Gasteiger charge is 2.11. The van der Waals surface area contributed by atoms with E-state index in [2.05, 4.69) is 21.8 Å². The fourth-order valence-corrected chi connectivity index (χ4v) is 2.62. The molecule has 2 heterocycles. The smallest absolute Gasteiger partial charge is 0.147 e. The fourth-order valence-electron chi connectivity index (χ4n) is 1.63. The van der Waals surface area contributed by atoms with Crippen molar-refractivity contribution in [3.63, 3.8) is 0 Å². The Hall–Kier alpha value is -1.10. The van der Waals surface area contributed by atoms with E-state index in [1.54, 1.807) is 17.5 Å². The van der Waals surface area contributed by atoms with Crippen molar-refractivity contribution in [2.45, 2.75) is 13.1 Å². The molecule has 0 aliphatic rings. The molecule has 0 spiro atoms. The van der Waals surface area contributed by atoms with E-state index < -0.39 is 0 Å². The van der Waals surface area contributed by atoms with Crippen LogP contribution in [-0.4, -0.2) is 12.0 Å². The molecular weight excluding hydrogens is 254 g/mol. The maximum absolute atomic E-state index is 6.26. The minimum Gasteiger partial charge on any atom is -0.354 e. The molecule has 0 aliphatic heterocycles. The molecule has 3 nitrogen and oxygen atoms in total. The third kappa shape index (κ3) is 2.77. The van der Waals surface area contributed by atoms with Crippen LogP contribution in [0.15, 0.2) is 29.1 Å². The molecule has 2 rings (SSSR count). The Labute approximate surface area is 110 Å². The van der Waals surface area contributed by atoms with Crippen LogP contribution >= 0.6 is 22.9 Å². The van der Waals surface area contributed by atoms with Gasteiger partial charge in [0.05, 0.1) is 5.02 Å². The van der Waals surface area contributed by atoms with Gasteiger partial charge in [0.15, 0.2) is 0 Å². The van der Waals surface area contributed by atoms with Gasteiger partial charge >= 0.3 is 0 Å². The summed E-state index contributed by atoms with van der Waals surface area (Å²) in [5, 5.41) is 4.83. The first-order valence-corrected chi connectivity index (χ1v) is 6.60. The molecule has 17 heavy (non-hydrogen) atoms. The van der Waals surface area contributed by atoms with Crippen LogP contribution in [0.4, 0.5) is 5.82 Å². The summed E-state index contributed by atoms with van der Waals surface area (Å²) < 4.78 is 0. The van der Waals surface area contributed by atoms with Gasteiger partial charge in [-0.15, -0.1) is 0 Å². The van der Waals surface area contributed by atoms with Crippen molar-refractivity contribution in [3.05, 3.63) is 45.2 Å². The number of rotatable bonds is 4. The van der Waals surface area contributed by atoms with Gasteiger partial charge in [-0.05, 0) is 34.0 Å². The number of hydrogen-bond donors (Lipinski definition) is 1. The lowest BCUT2D eigenvalue weighted by molar-refractivity contribution is 0.896. The number of nitrogens with zero attached hydrogens (tertiary/aromatic N) is 2. The van der Waals surface area contributed by atoms with Crippen molar-refractivity contribution in [1.82, 2.24) is 4.98 Å². The SMILES string of the molecule is CN(Cc1ccsc1)c1nccc(CN)c1Cl. The van der Waals surface area contributed by atoms with Gasteiger partial charge < -0.3 is 10.6 Å². The predicted molar refractivity (Wildman–Crippen MR) is 73.6 cm³/mol. The second-order valence-corrected chi connectivity index (χ2v) is 4.96. The minimum atomic E-state index is 0.431. The maximum Gasteiger partial charge on any atom is 0.147 e. The van der Waals surface area contributed by atoms with E-state index in [0.717, 1.165) is 17.9 Å². The van der Waals surface area contributed by atoms with E-state index in [9.17, 15) is 0 Å². The topological polar surface area (TPSA) is 42.2 Å². The first-order chi connectivity index (χ1) is 8.22. The summed E-state index contributed by atoms with van der Waals surface area (Å²) in [6.07, 6.45) is 1.74. The summed E-state index contributed by atoms with van der Waals surface area (Å²) in [4.78, 5) is 6.34. The van der Waals surface area contributed by atoms with Gasteiger partial charge in [-0.2, -0.15) is 11.3 Å². The summed E-state index contributed by atoms with van der Waals surface area (Å²) in [7, 11) is 1.98. The molecule has 0 aromatic carbocycles. The summed E-state index contributed by atoms with van der Waals surface area (Å²) in [6.45, 7) is 1.23. The molecule has 5 heteroatoms. The quantitative estimate of drug-likeness (QED) is 0.926. The van der Waals surface area contributed by atoms with Crippen LogP contribution in [0.25, 0.3) is 0 Å². The highest BCUT2D eigenvalue weighted by atomic mass is 35.5. The summed E-state index contributed by atoms with van der Waals surface area (Å²) >= 11 is 7.95. The van der Waals surface area contributed by atoms with E-state index in [1.807, 2.05) is 18.0 Å². The first-order valence-electron chi connectivity index (χ1n) is 5.28. The monoisotopic (exact) mass is 267 g/mol. The predicted octanol–water partition coefficient (Wildman–Crippen LogP) is 2.89. The Morgan fingerprint density at radius 3 is 2.94 bits per heavy atom. The Balaban J connectivity index is 2.22. The van der Waals surface area contributed by atoms with E-state index in [1.165, 1.54) is 5.56 Å². The van der Waals surface area contributed by atoms with Crippen LogP contribution in [-0.2, 0) is 13.1 Å². The summed E-state index contributed by atoms with van der Waals surface area (Å²) in [5.41, 5.74) is 7.81. The number of anilines is 1. The van der Waals surface area contributed by atoms with Crippen LogP contribution < -0.4 is 10.6 Å². The van der Waals surface area contributed by atoms with Gasteiger partial charge in [0.1, 0.15) is 5.82 Å². The highest BCUT2D eigenvalue weighted by Crippen LogP contribution is 2.27. The molecule has 2 aromatic heterocycles. The van der Waals surface area contributed by atoms with Crippen molar-refractivity contribution in [2.24, 2.45) is 5.73 Å². The van der Waals surface area contributed by atoms with E-state index in [4.69, 9.17) is 17.3 Å². The largest absolute Gasteiger partial charge is 0.354 e. The second kappa shape index (κ2) is 5.49. The average molecular weight is 268 g/mol. The fraction of sp³-hybridized carbons (Fsp3) is 0.250. The van der Waals surface area contributed by atoms with Crippen LogP contribution in [0.1, 0.15) is 11.1 Å². The molecule has 2 aromatic rings. The normalized spacial score (nSPS) is 10.5. The molecule has 90 valence electrons. The molecule has 0 saturated carbocycles. The van der Waals surface area contributed by atoms with Crippen molar-refractivity contribution in [3.8, 4) is 0 Å². The molecule has 0 unspecified atom stereocenters. The third-order valence-corrected chi connectivity index (χ3v) is 3.68. The van der Waals surface area contributed by atoms with Gasteiger partial charge in [0, 0.05) is 26.3 Å². The number of hydrogen-bond acceptors (Lipinski definition) is 4. The summed E-state index contributed by atoms with van der Waals surface area (Å²) in [5.74, 6) is 0.779. The molecule has 2 N–H and O–H groups in total. The number of halogens is 1. The molecule has 0 bridgehead atoms. The van der Waals surface area contributed by atoms with Crippen LogP contribution in [0.2, 0.25) is 5.02 Å². The average Bonchev–Trinajstić information content (AvgIpc) is 2.82. The Morgan fingerprint density at radius 2 is 2.29 bits per heavy atom. The van der Waals surface area contributed by atoms with E-state index >= 15 is 0 Å². The molecule has 0 saturated heterocycles. The maximum atomic E-state index is 6.26. The molecule has 0 amide bonds. The Morgan fingerprint density at radius 1 is 1.47 bits per heavy atom. The lowest BCUT2D eigenvalue weighted by Gasteiger charge is -2.19. The molecule has 0 aliphatic carbocycles. The van der Waals surface area contributed by atoms with E-state index in [-0.39, 0.29) is 0 Å². The van der Waals surface area contributed by atoms with Crippen LogP contribution in [0.3, 0.4) is 0 Å². The Kier molecular flexibility index (Phi) is 3.99. The number of thiophene rings is 1. The lowest BCUT2D eigenvalue weighted by atomic mass is 10.2. The zero-order valence-corrected chi connectivity index (χ0v) is 11.1. The van der Waals surface area contributed by atoms with Crippen molar-refractivity contribution in [1.29, 1.82) is 0 Å². The highest BCUT2D eigenvalue weighted by molar-refractivity contribution is 7.07. The van der Waals surface area contributed by atoms with Gasteiger partial charge in [-0.25, -0.2) is 4.98 Å². The zero-order chi connectivity index (χ0) is 12.3. The van der Waals surface area contributed by atoms with E-state index in [0.29, 0.717) is 11.6 Å². The zero-order valence-electron chi connectivity index (χ0n) is 9.56. The van der Waals surface area contributed by atoms with Crippen LogP contribution in [0, 0.1) is 0 Å². The number of pyridine rings is 1. The van der Waals surface area contributed by atoms with Gasteiger partial charge in [-0.1, -0.05) is 11.6 Å². The molecule has 0 radical (unpaired) electrons. The second-order valence-electron chi connectivity index (χ2n) is 3.80. The standard InChI is InChI=1S/C12H14ClN3S/c1-16(7-9-3-5-17-8-9)12-11(13)10(6-14)2-4-15-12/h2-5,8H,6-7,14H2,1H3. The number of aromatic nitrogens is 1. The molecule has 0 atom stereocenters. The molecule has 0 fully saturated rings. The molecular formula is C12H14ClN3S. The lowest BCUT2D eigenvalue weighted by Crippen LogP contribution is -2.18. The van der Waals surface area contributed by atoms with Gasteiger partial charge in [0.2, 0.25) is 0 Å².